The maximum atomic E-state index is 14.1. The zero-order valence-electron chi connectivity index (χ0n) is 16.0. The lowest BCUT2D eigenvalue weighted by Gasteiger charge is -2.23. The monoisotopic (exact) mass is 439 g/mol. The highest BCUT2D eigenvalue weighted by Crippen LogP contribution is 2.33. The van der Waals surface area contributed by atoms with Gasteiger partial charge in [-0.05, 0) is 30.4 Å². The van der Waals surface area contributed by atoms with Crippen molar-refractivity contribution in [1.82, 2.24) is 14.5 Å². The van der Waals surface area contributed by atoms with Crippen LogP contribution in [0.5, 0.6) is 0 Å². The fraction of sp³-hybridized carbons (Fsp3) is 0.227. The molecule has 0 atom stereocenters. The van der Waals surface area contributed by atoms with Gasteiger partial charge in [0.05, 0.1) is 11.7 Å². The lowest BCUT2D eigenvalue weighted by molar-refractivity contribution is -0.133. The highest BCUT2D eigenvalue weighted by molar-refractivity contribution is 7.18. The number of rotatable bonds is 6. The Morgan fingerprint density at radius 1 is 1.20 bits per heavy atom. The molecule has 0 N–H and O–H groups in total. The molecule has 152 valence electrons. The number of carbonyl (C=O) groups is 1. The summed E-state index contributed by atoms with van der Waals surface area (Å²) in [5.41, 5.74) is 1.12. The van der Waals surface area contributed by atoms with Gasteiger partial charge < -0.3 is 4.90 Å². The second-order valence-corrected chi connectivity index (χ2v) is 9.13. The zero-order chi connectivity index (χ0) is 20.7. The first-order valence-corrected chi connectivity index (χ1v) is 11.4. The van der Waals surface area contributed by atoms with Gasteiger partial charge in [-0.25, -0.2) is 9.37 Å². The molecular formula is C22H18FN3O2S2. The molecule has 3 aromatic heterocycles. The number of aromatic nitrogens is 2. The molecule has 1 fully saturated rings. The molecule has 1 amide bonds. The van der Waals surface area contributed by atoms with Gasteiger partial charge in [-0.2, -0.15) is 0 Å². The van der Waals surface area contributed by atoms with Crippen LogP contribution in [0, 0.1) is 5.82 Å². The molecule has 5 nitrogen and oxygen atoms in total. The SMILES string of the molecule is O=C(Cn1cnc2scc(-c3cccs3)c2c1=O)N(Cc1ccccc1F)C1CC1. The van der Waals surface area contributed by atoms with Gasteiger partial charge in [-0.15, -0.1) is 22.7 Å². The molecule has 30 heavy (non-hydrogen) atoms. The van der Waals surface area contributed by atoms with Crippen LogP contribution in [-0.4, -0.2) is 26.4 Å². The Labute approximate surface area is 180 Å². The molecule has 3 heterocycles. The lowest BCUT2D eigenvalue weighted by atomic mass is 10.2. The molecule has 1 saturated carbocycles. The quantitative estimate of drug-likeness (QED) is 0.444. The van der Waals surface area contributed by atoms with Crippen molar-refractivity contribution < 1.29 is 9.18 Å². The van der Waals surface area contributed by atoms with Crippen molar-refractivity contribution in [1.29, 1.82) is 0 Å². The Kier molecular flexibility index (Phi) is 4.96. The summed E-state index contributed by atoms with van der Waals surface area (Å²) < 4.78 is 15.5. The van der Waals surface area contributed by atoms with Gasteiger partial charge in [-0.3, -0.25) is 14.2 Å². The second-order valence-electron chi connectivity index (χ2n) is 7.33. The van der Waals surface area contributed by atoms with Gasteiger partial charge in [0.15, 0.2) is 0 Å². The van der Waals surface area contributed by atoms with Crippen molar-refractivity contribution in [3.63, 3.8) is 0 Å². The van der Waals surface area contributed by atoms with Crippen molar-refractivity contribution in [3.8, 4) is 10.4 Å². The molecular weight excluding hydrogens is 421 g/mol. The maximum Gasteiger partial charge on any atom is 0.263 e. The molecule has 4 aromatic rings. The number of fused-ring (bicyclic) bond motifs is 1. The normalized spacial score (nSPS) is 13.6. The Hall–Kier alpha value is -2.84. The first-order valence-electron chi connectivity index (χ1n) is 9.65. The standard InChI is InChI=1S/C22H18FN3O2S2/c23-17-5-2-1-4-14(17)10-26(15-7-8-15)19(27)11-25-13-24-21-20(22(25)28)16(12-30-21)18-6-3-9-29-18/h1-6,9,12-13,15H,7-8,10-11H2. The predicted octanol–water partition coefficient (Wildman–Crippen LogP) is 4.52. The summed E-state index contributed by atoms with van der Waals surface area (Å²) in [5, 5.41) is 4.45. The Balaban J connectivity index is 1.45. The average molecular weight is 440 g/mol. The number of carbonyl (C=O) groups excluding carboxylic acids is 1. The third-order valence-corrected chi connectivity index (χ3v) is 7.05. The van der Waals surface area contributed by atoms with Crippen molar-refractivity contribution in [2.45, 2.75) is 32.0 Å². The topological polar surface area (TPSA) is 55.2 Å². The van der Waals surface area contributed by atoms with Gasteiger partial charge in [0.2, 0.25) is 5.91 Å². The van der Waals surface area contributed by atoms with Crippen LogP contribution in [0.2, 0.25) is 0 Å². The van der Waals surface area contributed by atoms with Crippen molar-refractivity contribution >= 4 is 38.8 Å². The van der Waals surface area contributed by atoms with Gasteiger partial charge >= 0.3 is 0 Å². The van der Waals surface area contributed by atoms with E-state index >= 15 is 0 Å². The predicted molar refractivity (Wildman–Crippen MR) is 117 cm³/mol. The van der Waals surface area contributed by atoms with E-state index in [1.54, 1.807) is 34.4 Å². The Morgan fingerprint density at radius 2 is 2.03 bits per heavy atom. The van der Waals surface area contributed by atoms with E-state index in [4.69, 9.17) is 0 Å². The number of thiophene rings is 2. The first kappa shape index (κ1) is 19.1. The summed E-state index contributed by atoms with van der Waals surface area (Å²) in [7, 11) is 0. The van der Waals surface area contributed by atoms with Gasteiger partial charge in [0, 0.05) is 34.0 Å². The molecule has 0 spiro atoms. The fourth-order valence-corrected chi connectivity index (χ4v) is 5.27. The Bertz CT molecular complexity index is 1280. The summed E-state index contributed by atoms with van der Waals surface area (Å²) in [6.45, 7) is 0.103. The van der Waals surface area contributed by atoms with Crippen LogP contribution in [0.25, 0.3) is 20.7 Å². The highest BCUT2D eigenvalue weighted by atomic mass is 32.1. The smallest absolute Gasteiger partial charge is 0.263 e. The third kappa shape index (κ3) is 3.57. The van der Waals surface area contributed by atoms with E-state index in [-0.39, 0.29) is 36.4 Å². The summed E-state index contributed by atoms with van der Waals surface area (Å²) in [5.74, 6) is -0.521. The molecule has 0 unspecified atom stereocenters. The van der Waals surface area contributed by atoms with Gasteiger partial charge in [0.1, 0.15) is 17.2 Å². The molecule has 0 aliphatic heterocycles. The van der Waals surface area contributed by atoms with Gasteiger partial charge in [-0.1, -0.05) is 24.3 Å². The largest absolute Gasteiger partial charge is 0.334 e. The minimum absolute atomic E-state index is 0.104. The Morgan fingerprint density at radius 3 is 2.77 bits per heavy atom. The van der Waals surface area contributed by atoms with Crippen LogP contribution < -0.4 is 5.56 Å². The van der Waals surface area contributed by atoms with E-state index in [9.17, 15) is 14.0 Å². The van der Waals surface area contributed by atoms with Gasteiger partial charge in [0.25, 0.3) is 5.56 Å². The van der Waals surface area contributed by atoms with Crippen LogP contribution in [0.15, 0.2) is 58.3 Å². The average Bonchev–Trinajstić information content (AvgIpc) is 3.25. The number of nitrogens with zero attached hydrogens (tertiary/aromatic N) is 3. The summed E-state index contributed by atoms with van der Waals surface area (Å²) in [6, 6.07) is 10.5. The number of amides is 1. The van der Waals surface area contributed by atoms with Crippen LogP contribution in [0.1, 0.15) is 18.4 Å². The molecule has 0 bridgehead atoms. The summed E-state index contributed by atoms with van der Waals surface area (Å²) >= 11 is 2.99. The molecule has 1 aliphatic rings. The molecule has 1 aromatic carbocycles. The van der Waals surface area contributed by atoms with Crippen LogP contribution >= 0.6 is 22.7 Å². The molecule has 0 radical (unpaired) electrons. The van der Waals surface area contributed by atoms with E-state index in [2.05, 4.69) is 4.98 Å². The van der Waals surface area contributed by atoms with E-state index < -0.39 is 0 Å². The number of hydrogen-bond donors (Lipinski definition) is 0. The van der Waals surface area contributed by atoms with Crippen LogP contribution in [-0.2, 0) is 17.9 Å². The lowest BCUT2D eigenvalue weighted by Crippen LogP contribution is -2.37. The molecule has 8 heteroatoms. The van der Waals surface area contributed by atoms with E-state index in [0.29, 0.717) is 15.8 Å². The minimum Gasteiger partial charge on any atom is -0.334 e. The van der Waals surface area contributed by atoms with Crippen LogP contribution in [0.3, 0.4) is 0 Å². The van der Waals surface area contributed by atoms with E-state index in [0.717, 1.165) is 23.3 Å². The fourth-order valence-electron chi connectivity index (χ4n) is 3.55. The third-order valence-electron chi connectivity index (χ3n) is 5.26. The molecule has 1 aliphatic carbocycles. The maximum absolute atomic E-state index is 14.1. The summed E-state index contributed by atoms with van der Waals surface area (Å²) in [4.78, 5) is 34.0. The minimum atomic E-state index is -0.324. The first-order chi connectivity index (χ1) is 14.6. The van der Waals surface area contributed by atoms with Crippen molar-refractivity contribution in [2.24, 2.45) is 0 Å². The number of halogens is 1. The zero-order valence-corrected chi connectivity index (χ0v) is 17.6. The summed E-state index contributed by atoms with van der Waals surface area (Å²) in [6.07, 6.45) is 3.24. The number of hydrogen-bond acceptors (Lipinski definition) is 5. The van der Waals surface area contributed by atoms with E-state index in [1.807, 2.05) is 22.9 Å². The molecule has 5 rings (SSSR count). The highest BCUT2D eigenvalue weighted by Gasteiger charge is 2.33. The molecule has 0 saturated heterocycles. The van der Waals surface area contributed by atoms with E-state index in [1.165, 1.54) is 28.3 Å². The van der Waals surface area contributed by atoms with Crippen molar-refractivity contribution in [2.75, 3.05) is 0 Å². The van der Waals surface area contributed by atoms with Crippen molar-refractivity contribution in [3.05, 3.63) is 75.2 Å². The number of benzene rings is 1. The second kappa shape index (κ2) is 7.77. The van der Waals surface area contributed by atoms with Crippen LogP contribution in [0.4, 0.5) is 4.39 Å².